The van der Waals surface area contributed by atoms with E-state index in [0.717, 1.165) is 11.3 Å². The predicted octanol–water partition coefficient (Wildman–Crippen LogP) is 3.71. The number of aromatic nitrogens is 4. The van der Waals surface area contributed by atoms with E-state index < -0.39 is 0 Å². The van der Waals surface area contributed by atoms with Crippen LogP contribution in [0.15, 0.2) is 67.0 Å². The number of nitrogens with zero attached hydrogens (tertiary/aromatic N) is 4. The van der Waals surface area contributed by atoms with E-state index in [-0.39, 0.29) is 0 Å². The minimum absolute atomic E-state index is 0.292. The summed E-state index contributed by atoms with van der Waals surface area (Å²) in [6.45, 7) is 2.34. The number of rotatable bonds is 3. The highest BCUT2D eigenvalue weighted by Gasteiger charge is 2.10. The molecule has 27 heavy (non-hydrogen) atoms. The summed E-state index contributed by atoms with van der Waals surface area (Å²) in [6, 6.07) is 17.3. The molecule has 5 nitrogen and oxygen atoms in total. The Labute approximate surface area is 157 Å². The summed E-state index contributed by atoms with van der Waals surface area (Å²) in [5, 5.41) is 0. The molecule has 4 rings (SSSR count). The number of hydrogen-bond donors (Lipinski definition) is 0. The Morgan fingerprint density at radius 2 is 1.70 bits per heavy atom. The zero-order chi connectivity index (χ0) is 18.5. The van der Waals surface area contributed by atoms with Crippen LogP contribution in [0.3, 0.4) is 0 Å². The van der Waals surface area contributed by atoms with Crippen molar-refractivity contribution in [2.75, 3.05) is 0 Å². The van der Waals surface area contributed by atoms with E-state index in [1.54, 1.807) is 12.4 Å². The summed E-state index contributed by atoms with van der Waals surface area (Å²) in [5.41, 5.74) is 4.56. The van der Waals surface area contributed by atoms with E-state index in [2.05, 4.69) is 31.8 Å². The number of hydrogen-bond acceptors (Lipinski definition) is 5. The molecule has 0 aliphatic heterocycles. The lowest BCUT2D eigenvalue weighted by Crippen LogP contribution is -2.03. The maximum Gasteiger partial charge on any atom is 0.250 e. The summed E-state index contributed by atoms with van der Waals surface area (Å²) in [6.07, 6.45) is 3.41. The maximum atomic E-state index is 5.87. The fourth-order valence-corrected chi connectivity index (χ4v) is 2.45. The Kier molecular flexibility index (Phi) is 4.71. The maximum absolute atomic E-state index is 5.87. The Hall–Kier alpha value is -3.78. The van der Waals surface area contributed by atoms with Crippen molar-refractivity contribution in [3.8, 4) is 17.7 Å². The Bertz CT molecular complexity index is 1130. The predicted molar refractivity (Wildman–Crippen MR) is 103 cm³/mol. The van der Waals surface area contributed by atoms with Crippen molar-refractivity contribution in [1.29, 1.82) is 0 Å². The Balaban J connectivity index is 1.69. The van der Waals surface area contributed by atoms with Crippen molar-refractivity contribution in [3.05, 3.63) is 89.5 Å². The third kappa shape index (κ3) is 4.07. The largest absolute Gasteiger partial charge is 0.469 e. The fourth-order valence-electron chi connectivity index (χ4n) is 2.45. The monoisotopic (exact) mass is 352 g/mol. The first-order chi connectivity index (χ1) is 13.3. The topological polar surface area (TPSA) is 60.8 Å². The second-order valence-corrected chi connectivity index (χ2v) is 5.95. The molecule has 0 atom stereocenters. The third-order valence-electron chi connectivity index (χ3n) is 3.87. The molecule has 0 radical (unpaired) electrons. The van der Waals surface area contributed by atoms with Crippen molar-refractivity contribution in [2.24, 2.45) is 0 Å². The van der Waals surface area contributed by atoms with Gasteiger partial charge in [-0.05, 0) is 49.2 Å². The molecule has 0 aliphatic carbocycles. The highest BCUT2D eigenvalue weighted by Crippen LogP contribution is 2.18. The molecule has 0 fully saturated rings. The van der Waals surface area contributed by atoms with Gasteiger partial charge in [0.2, 0.25) is 5.88 Å². The molecule has 3 heterocycles. The van der Waals surface area contributed by atoms with Gasteiger partial charge < -0.3 is 4.74 Å². The first-order valence-electron chi connectivity index (χ1n) is 8.52. The molecule has 0 aliphatic rings. The van der Waals surface area contributed by atoms with Crippen molar-refractivity contribution < 1.29 is 4.74 Å². The highest BCUT2D eigenvalue weighted by atomic mass is 16.5. The normalized spacial score (nSPS) is 10.3. The molecular formula is C22H16N4O. The quantitative estimate of drug-likeness (QED) is 0.526. The summed E-state index contributed by atoms with van der Waals surface area (Å²) in [7, 11) is 0. The lowest BCUT2D eigenvalue weighted by atomic mass is 10.1. The first kappa shape index (κ1) is 16.7. The molecule has 5 heteroatoms. The Morgan fingerprint density at radius 3 is 2.52 bits per heavy atom. The summed E-state index contributed by atoms with van der Waals surface area (Å²) in [4.78, 5) is 17.6. The first-order valence-corrected chi connectivity index (χ1v) is 8.52. The van der Waals surface area contributed by atoms with E-state index in [0.29, 0.717) is 29.3 Å². The zero-order valence-electron chi connectivity index (χ0n) is 14.8. The van der Waals surface area contributed by atoms with Gasteiger partial charge in [0.15, 0.2) is 11.3 Å². The SMILES string of the molecule is Cc1ccc(C#Cc2nc3ncccc3nc2OCc2ccccn2)cc1. The minimum atomic E-state index is 0.292. The second-order valence-electron chi connectivity index (χ2n) is 5.95. The molecule has 4 aromatic rings. The standard InChI is InChI=1S/C22H16N4O/c1-16-7-9-17(10-8-16)11-12-20-22(27-15-18-5-2-3-13-23-18)26-19-6-4-14-24-21(19)25-20/h2-10,13-14H,15H2,1H3. The zero-order valence-corrected chi connectivity index (χ0v) is 14.8. The van der Waals surface area contributed by atoms with Gasteiger partial charge in [-0.1, -0.05) is 29.7 Å². The smallest absolute Gasteiger partial charge is 0.250 e. The lowest BCUT2D eigenvalue weighted by molar-refractivity contribution is 0.288. The summed E-state index contributed by atoms with van der Waals surface area (Å²) < 4.78 is 5.87. The van der Waals surface area contributed by atoms with Crippen LogP contribution < -0.4 is 4.74 Å². The number of pyridine rings is 2. The molecule has 0 bridgehead atoms. The molecule has 0 saturated carbocycles. The van der Waals surface area contributed by atoms with E-state index in [9.17, 15) is 0 Å². The van der Waals surface area contributed by atoms with Gasteiger partial charge >= 0.3 is 0 Å². The van der Waals surface area contributed by atoms with Gasteiger partial charge in [-0.2, -0.15) is 0 Å². The van der Waals surface area contributed by atoms with Crippen LogP contribution in [0.4, 0.5) is 0 Å². The van der Waals surface area contributed by atoms with Gasteiger partial charge in [0.05, 0.1) is 5.69 Å². The Morgan fingerprint density at radius 1 is 0.852 bits per heavy atom. The average Bonchev–Trinajstić information content (AvgIpc) is 2.72. The second kappa shape index (κ2) is 7.63. The van der Waals surface area contributed by atoms with Crippen LogP contribution in [0.5, 0.6) is 5.88 Å². The minimum Gasteiger partial charge on any atom is -0.469 e. The lowest BCUT2D eigenvalue weighted by Gasteiger charge is -2.07. The highest BCUT2D eigenvalue weighted by molar-refractivity contribution is 5.71. The molecule has 0 unspecified atom stereocenters. The number of benzene rings is 1. The van der Waals surface area contributed by atoms with Gasteiger partial charge in [0.1, 0.15) is 12.1 Å². The van der Waals surface area contributed by atoms with Crippen LogP contribution in [0, 0.1) is 18.8 Å². The van der Waals surface area contributed by atoms with E-state index in [1.165, 1.54) is 5.56 Å². The van der Waals surface area contributed by atoms with Crippen molar-refractivity contribution >= 4 is 11.2 Å². The van der Waals surface area contributed by atoms with E-state index in [1.807, 2.05) is 61.5 Å². The number of fused-ring (bicyclic) bond motifs is 1. The fraction of sp³-hybridized carbons (Fsp3) is 0.0909. The van der Waals surface area contributed by atoms with Gasteiger partial charge in [-0.15, -0.1) is 0 Å². The van der Waals surface area contributed by atoms with Gasteiger partial charge in [0, 0.05) is 18.0 Å². The van der Waals surface area contributed by atoms with Crippen LogP contribution in [-0.4, -0.2) is 19.9 Å². The van der Waals surface area contributed by atoms with Crippen molar-refractivity contribution in [3.63, 3.8) is 0 Å². The molecule has 3 aromatic heterocycles. The molecule has 0 spiro atoms. The van der Waals surface area contributed by atoms with Crippen LogP contribution in [0.2, 0.25) is 0 Å². The summed E-state index contributed by atoms with van der Waals surface area (Å²) in [5.74, 6) is 6.56. The molecule has 130 valence electrons. The van der Waals surface area contributed by atoms with Crippen LogP contribution in [0.25, 0.3) is 11.2 Å². The van der Waals surface area contributed by atoms with Gasteiger partial charge in [0.25, 0.3) is 0 Å². The van der Waals surface area contributed by atoms with Gasteiger partial charge in [-0.3, -0.25) is 4.98 Å². The average molecular weight is 352 g/mol. The van der Waals surface area contributed by atoms with Gasteiger partial charge in [-0.25, -0.2) is 15.0 Å². The molecule has 0 saturated heterocycles. The number of aryl methyl sites for hydroxylation is 1. The van der Waals surface area contributed by atoms with Crippen molar-refractivity contribution in [2.45, 2.75) is 13.5 Å². The van der Waals surface area contributed by atoms with Crippen LogP contribution in [-0.2, 0) is 6.61 Å². The molecule has 0 amide bonds. The van der Waals surface area contributed by atoms with E-state index >= 15 is 0 Å². The number of ether oxygens (including phenoxy) is 1. The third-order valence-corrected chi connectivity index (χ3v) is 3.87. The molecular weight excluding hydrogens is 336 g/mol. The van der Waals surface area contributed by atoms with Crippen LogP contribution >= 0.6 is 0 Å². The van der Waals surface area contributed by atoms with Crippen LogP contribution in [0.1, 0.15) is 22.5 Å². The van der Waals surface area contributed by atoms with Crippen molar-refractivity contribution in [1.82, 2.24) is 19.9 Å². The molecule has 1 aromatic carbocycles. The van der Waals surface area contributed by atoms with E-state index in [4.69, 9.17) is 4.74 Å². The molecule has 0 N–H and O–H groups in total. The summed E-state index contributed by atoms with van der Waals surface area (Å²) >= 11 is 0.